The molecule has 1 aromatic heterocycles. The van der Waals surface area contributed by atoms with Gasteiger partial charge in [-0.15, -0.1) is 0 Å². The Balaban J connectivity index is 1.31. The second-order valence-electron chi connectivity index (χ2n) is 9.04. The van der Waals surface area contributed by atoms with E-state index in [1.165, 1.54) is 30.4 Å². The molecular weight excluding hydrogens is 455 g/mol. The van der Waals surface area contributed by atoms with Crippen LogP contribution in [0.5, 0.6) is 5.88 Å². The first kappa shape index (κ1) is 22.7. The van der Waals surface area contributed by atoms with Crippen molar-refractivity contribution in [1.82, 2.24) is 14.9 Å². The maximum Gasteiger partial charge on any atom is 0.221 e. The van der Waals surface area contributed by atoms with Crippen LogP contribution in [0.4, 0.5) is 15.9 Å². The molecule has 0 radical (unpaired) electrons. The zero-order chi connectivity index (χ0) is 23.9. The normalized spacial score (nSPS) is 22.1. The number of fused-ring (bicyclic) bond motifs is 2. The number of hydrogen-bond donors (Lipinski definition) is 1. The van der Waals surface area contributed by atoms with Crippen molar-refractivity contribution in [3.63, 3.8) is 0 Å². The third kappa shape index (κ3) is 4.50. The van der Waals surface area contributed by atoms with Gasteiger partial charge in [0.25, 0.3) is 0 Å². The number of aromatic nitrogens is 2. The highest BCUT2D eigenvalue weighted by molar-refractivity contribution is 7.90. The lowest BCUT2D eigenvalue weighted by Gasteiger charge is -2.25. The predicted molar refractivity (Wildman–Crippen MR) is 127 cm³/mol. The van der Waals surface area contributed by atoms with Crippen molar-refractivity contribution < 1.29 is 17.5 Å². The summed E-state index contributed by atoms with van der Waals surface area (Å²) < 4.78 is 44.3. The molecule has 0 aliphatic carbocycles. The van der Waals surface area contributed by atoms with Gasteiger partial charge in [-0.3, -0.25) is 4.90 Å². The fraction of sp³-hybridized carbons (Fsp3) is 0.360. The summed E-state index contributed by atoms with van der Waals surface area (Å²) in [4.78, 5) is 11.0. The van der Waals surface area contributed by atoms with Gasteiger partial charge in [-0.05, 0) is 43.5 Å². The quantitative estimate of drug-likeness (QED) is 0.539. The monoisotopic (exact) mass is 482 g/mol. The van der Waals surface area contributed by atoms with E-state index in [1.807, 2.05) is 13.0 Å². The summed E-state index contributed by atoms with van der Waals surface area (Å²) in [6, 6.07) is 15.1. The number of nitrogens with one attached hydrogen (secondary N) is 1. The molecule has 3 aromatic rings. The molecule has 3 atom stereocenters. The Morgan fingerprint density at radius 3 is 2.68 bits per heavy atom. The van der Waals surface area contributed by atoms with Crippen molar-refractivity contribution in [3.8, 4) is 5.88 Å². The summed E-state index contributed by atoms with van der Waals surface area (Å²) in [5.74, 6) is 0.219. The van der Waals surface area contributed by atoms with Gasteiger partial charge in [0.2, 0.25) is 5.88 Å². The lowest BCUT2D eigenvalue weighted by atomic mass is 9.98. The number of benzene rings is 2. The highest BCUT2D eigenvalue weighted by atomic mass is 32.2. The molecule has 2 aliphatic heterocycles. The fourth-order valence-electron chi connectivity index (χ4n) is 4.99. The van der Waals surface area contributed by atoms with E-state index in [4.69, 9.17) is 4.74 Å². The minimum absolute atomic E-state index is 0.0368. The van der Waals surface area contributed by atoms with Gasteiger partial charge in [0.05, 0.1) is 16.1 Å². The standard InChI is InChI=1S/C25H27FN4O3S/c1-16-24(29-21-10-9-19(13-20(21)26)34(2,31)32)27-15-28-25(16)33-23-12-18-8-11-22(23)30(18)14-17-6-4-3-5-7-17/h3-7,9-10,13,15,18,22-23H,8,11-12,14H2,1-2H3,(H,27,28,29). The third-order valence-electron chi connectivity index (χ3n) is 6.75. The van der Waals surface area contributed by atoms with Crippen LogP contribution in [0.1, 0.15) is 30.4 Å². The smallest absolute Gasteiger partial charge is 0.221 e. The van der Waals surface area contributed by atoms with Crippen molar-refractivity contribution in [1.29, 1.82) is 0 Å². The molecule has 0 spiro atoms. The first-order valence-corrected chi connectivity index (χ1v) is 13.2. The first-order valence-electron chi connectivity index (χ1n) is 11.3. The Morgan fingerprint density at radius 1 is 1.15 bits per heavy atom. The largest absolute Gasteiger partial charge is 0.472 e. The van der Waals surface area contributed by atoms with Gasteiger partial charge in [-0.2, -0.15) is 0 Å². The molecular formula is C25H27FN4O3S. The molecule has 1 N–H and O–H groups in total. The highest BCUT2D eigenvalue weighted by Gasteiger charge is 2.47. The predicted octanol–water partition coefficient (Wildman–Crippen LogP) is 4.26. The van der Waals surface area contributed by atoms with E-state index in [0.717, 1.165) is 31.7 Å². The summed E-state index contributed by atoms with van der Waals surface area (Å²) >= 11 is 0. The Kier molecular flexibility index (Phi) is 5.99. The van der Waals surface area contributed by atoms with Gasteiger partial charge in [0.15, 0.2) is 9.84 Å². The molecule has 0 amide bonds. The number of sulfone groups is 1. The molecule has 3 heterocycles. The lowest BCUT2D eigenvalue weighted by molar-refractivity contribution is 0.134. The van der Waals surface area contributed by atoms with Crippen molar-refractivity contribution in [2.45, 2.75) is 55.8 Å². The third-order valence-corrected chi connectivity index (χ3v) is 7.87. The van der Waals surface area contributed by atoms with Crippen LogP contribution in [0.25, 0.3) is 0 Å². The summed E-state index contributed by atoms with van der Waals surface area (Å²) in [5, 5.41) is 2.95. The first-order chi connectivity index (χ1) is 16.3. The number of nitrogens with zero attached hydrogens (tertiary/aromatic N) is 3. The topological polar surface area (TPSA) is 84.4 Å². The molecule has 5 rings (SSSR count). The molecule has 9 heteroatoms. The van der Waals surface area contributed by atoms with Gasteiger partial charge in [0.1, 0.15) is 24.1 Å². The lowest BCUT2D eigenvalue weighted by Crippen LogP contribution is -2.35. The molecule has 178 valence electrons. The van der Waals surface area contributed by atoms with Gasteiger partial charge >= 0.3 is 0 Å². The van der Waals surface area contributed by atoms with Gasteiger partial charge < -0.3 is 10.1 Å². The van der Waals surface area contributed by atoms with E-state index in [2.05, 4.69) is 44.5 Å². The van der Waals surface area contributed by atoms with Crippen LogP contribution in [0, 0.1) is 12.7 Å². The van der Waals surface area contributed by atoms with Crippen LogP contribution in [-0.2, 0) is 16.4 Å². The summed E-state index contributed by atoms with van der Waals surface area (Å²) in [5.41, 5.74) is 2.11. The van der Waals surface area contributed by atoms with Crippen LogP contribution >= 0.6 is 0 Å². The minimum Gasteiger partial charge on any atom is -0.472 e. The molecule has 2 aromatic carbocycles. The summed E-state index contributed by atoms with van der Waals surface area (Å²) in [7, 11) is -3.49. The Labute approximate surface area is 198 Å². The van der Waals surface area contributed by atoms with E-state index in [-0.39, 0.29) is 16.7 Å². The maximum absolute atomic E-state index is 14.5. The Morgan fingerprint density at radius 2 is 1.94 bits per heavy atom. The average molecular weight is 483 g/mol. The Hall–Kier alpha value is -3.04. The molecule has 2 bridgehead atoms. The van der Waals surface area contributed by atoms with Gasteiger partial charge in [-0.25, -0.2) is 22.8 Å². The van der Waals surface area contributed by atoms with Crippen LogP contribution in [-0.4, -0.2) is 47.7 Å². The SMILES string of the molecule is Cc1c(Nc2ccc(S(C)(=O)=O)cc2F)ncnc1OC1CC2CCC1N2Cc1ccccc1. The van der Waals surface area contributed by atoms with Crippen LogP contribution in [0.3, 0.4) is 0 Å². The van der Waals surface area contributed by atoms with E-state index in [1.54, 1.807) is 0 Å². The summed E-state index contributed by atoms with van der Waals surface area (Å²) in [6.07, 6.45) is 5.69. The zero-order valence-corrected chi connectivity index (χ0v) is 19.9. The minimum atomic E-state index is -3.49. The molecule has 34 heavy (non-hydrogen) atoms. The van der Waals surface area contributed by atoms with Crippen LogP contribution in [0.2, 0.25) is 0 Å². The van der Waals surface area contributed by atoms with Crippen LogP contribution in [0.15, 0.2) is 59.8 Å². The summed E-state index contributed by atoms with van der Waals surface area (Å²) in [6.45, 7) is 2.74. The molecule has 2 aliphatic rings. The molecule has 2 saturated heterocycles. The van der Waals surface area contributed by atoms with E-state index in [0.29, 0.717) is 29.3 Å². The van der Waals surface area contributed by atoms with Gasteiger partial charge in [-0.1, -0.05) is 30.3 Å². The molecule has 7 nitrogen and oxygen atoms in total. The number of halogens is 1. The van der Waals surface area contributed by atoms with Crippen molar-refractivity contribution in [2.75, 3.05) is 11.6 Å². The molecule has 3 unspecified atom stereocenters. The van der Waals surface area contributed by atoms with E-state index >= 15 is 0 Å². The van der Waals surface area contributed by atoms with Gasteiger partial charge in [0, 0.05) is 31.3 Å². The second-order valence-corrected chi connectivity index (χ2v) is 11.1. The van der Waals surface area contributed by atoms with Crippen LogP contribution < -0.4 is 10.1 Å². The van der Waals surface area contributed by atoms with Crippen molar-refractivity contribution >= 4 is 21.3 Å². The molecule has 2 fully saturated rings. The van der Waals surface area contributed by atoms with E-state index < -0.39 is 15.7 Å². The number of ether oxygens (including phenoxy) is 1. The number of anilines is 2. The zero-order valence-electron chi connectivity index (χ0n) is 19.1. The Bertz CT molecular complexity index is 1300. The highest BCUT2D eigenvalue weighted by Crippen LogP contribution is 2.41. The van der Waals surface area contributed by atoms with E-state index in [9.17, 15) is 12.8 Å². The molecule has 0 saturated carbocycles. The van der Waals surface area contributed by atoms with Crippen molar-refractivity contribution in [2.24, 2.45) is 0 Å². The maximum atomic E-state index is 14.5. The fourth-order valence-corrected chi connectivity index (χ4v) is 5.62. The number of rotatable bonds is 7. The van der Waals surface area contributed by atoms with Crippen molar-refractivity contribution in [3.05, 3.63) is 71.8 Å². The number of hydrogen-bond acceptors (Lipinski definition) is 7. The average Bonchev–Trinajstić information content (AvgIpc) is 3.34. The second kappa shape index (κ2) is 8.96.